The highest BCUT2D eigenvalue weighted by Crippen LogP contribution is 2.41. The summed E-state index contributed by atoms with van der Waals surface area (Å²) >= 11 is 0. The van der Waals surface area contributed by atoms with Crippen molar-refractivity contribution in [1.29, 1.82) is 0 Å². The number of ether oxygens (including phenoxy) is 1. The van der Waals surface area contributed by atoms with E-state index in [1.807, 2.05) is 0 Å². The van der Waals surface area contributed by atoms with Crippen LogP contribution in [0.15, 0.2) is 30.3 Å². The zero-order valence-electron chi connectivity index (χ0n) is 16.0. The summed E-state index contributed by atoms with van der Waals surface area (Å²) in [6.45, 7) is 1.73. The molecule has 0 spiro atoms. The number of allylic oxidation sites excluding steroid dienone is 2. The van der Waals surface area contributed by atoms with Crippen molar-refractivity contribution >= 4 is 17.4 Å². The lowest BCUT2D eigenvalue weighted by molar-refractivity contribution is -0.148. The largest absolute Gasteiger partial charge is 0.394 e. The second-order valence-corrected chi connectivity index (χ2v) is 7.25. The van der Waals surface area contributed by atoms with E-state index in [2.05, 4.69) is 35.7 Å². The summed E-state index contributed by atoms with van der Waals surface area (Å²) in [5.41, 5.74) is 3.71. The van der Waals surface area contributed by atoms with Gasteiger partial charge in [0.25, 0.3) is 0 Å². The van der Waals surface area contributed by atoms with Gasteiger partial charge in [0.15, 0.2) is 0 Å². The van der Waals surface area contributed by atoms with Gasteiger partial charge >= 0.3 is 0 Å². The molecule has 27 heavy (non-hydrogen) atoms. The molecule has 0 aromatic heterocycles. The average Bonchev–Trinajstić information content (AvgIpc) is 3.16. The maximum atomic E-state index is 12.1. The molecule has 2 amide bonds. The van der Waals surface area contributed by atoms with Gasteiger partial charge in [0.05, 0.1) is 18.7 Å². The summed E-state index contributed by atoms with van der Waals surface area (Å²) in [5.74, 6) is -0.312. The molecule has 3 rings (SSSR count). The Bertz CT molecular complexity index is 713. The predicted octanol–water partition coefficient (Wildman–Crippen LogP) is 1.69. The van der Waals surface area contributed by atoms with Gasteiger partial charge in [-0.3, -0.25) is 9.59 Å². The standard InChI is InChI=1S/C21H28N2O4/c1-14(25)23-18(11-22-20(26)13-27-2)21(19(23)12-24)17-9-7-16(8-10-17)15-5-3-4-6-15/h5,7-10,18-19,21,24H,3-4,6,11-13H2,1-2H3,(H,22,26)/t18-,19-,21+/m1/s1. The number of carbonyl (C=O) groups is 2. The minimum atomic E-state index is -0.261. The number of amides is 2. The first-order chi connectivity index (χ1) is 13.1. The van der Waals surface area contributed by atoms with Gasteiger partial charge in [0.1, 0.15) is 6.61 Å². The number of hydrogen-bond donors (Lipinski definition) is 2. The molecule has 1 heterocycles. The summed E-state index contributed by atoms with van der Waals surface area (Å²) in [4.78, 5) is 25.5. The Morgan fingerprint density at radius 3 is 2.56 bits per heavy atom. The fraction of sp³-hybridized carbons (Fsp3) is 0.524. The molecule has 0 saturated carbocycles. The summed E-state index contributed by atoms with van der Waals surface area (Å²) in [5, 5.41) is 12.7. The lowest BCUT2D eigenvalue weighted by atomic mass is 9.74. The smallest absolute Gasteiger partial charge is 0.246 e. The molecule has 6 nitrogen and oxygen atoms in total. The van der Waals surface area contributed by atoms with Crippen LogP contribution in [0.3, 0.4) is 0 Å². The van der Waals surface area contributed by atoms with Crippen LogP contribution in [0.5, 0.6) is 0 Å². The zero-order valence-corrected chi connectivity index (χ0v) is 16.0. The third-order valence-corrected chi connectivity index (χ3v) is 5.59. The fourth-order valence-corrected chi connectivity index (χ4v) is 4.34. The summed E-state index contributed by atoms with van der Waals surface area (Å²) in [6.07, 6.45) is 5.76. The summed E-state index contributed by atoms with van der Waals surface area (Å²) in [7, 11) is 1.47. The van der Waals surface area contributed by atoms with Gasteiger partial charge in [-0.25, -0.2) is 0 Å². The van der Waals surface area contributed by atoms with Gasteiger partial charge in [-0.15, -0.1) is 0 Å². The highest BCUT2D eigenvalue weighted by Gasteiger charge is 2.49. The van der Waals surface area contributed by atoms with E-state index in [-0.39, 0.29) is 43.0 Å². The second-order valence-electron chi connectivity index (χ2n) is 7.25. The van der Waals surface area contributed by atoms with Crippen LogP contribution in [0, 0.1) is 0 Å². The van der Waals surface area contributed by atoms with Crippen molar-refractivity contribution in [2.45, 2.75) is 44.2 Å². The van der Waals surface area contributed by atoms with E-state index >= 15 is 0 Å². The molecule has 3 atom stereocenters. The van der Waals surface area contributed by atoms with Crippen LogP contribution in [-0.2, 0) is 14.3 Å². The zero-order chi connectivity index (χ0) is 19.4. The summed E-state index contributed by atoms with van der Waals surface area (Å²) < 4.78 is 4.84. The van der Waals surface area contributed by atoms with E-state index in [0.717, 1.165) is 18.4 Å². The number of carbonyl (C=O) groups excluding carboxylic acids is 2. The van der Waals surface area contributed by atoms with Crippen molar-refractivity contribution in [3.63, 3.8) is 0 Å². The molecule has 1 aliphatic heterocycles. The molecule has 1 aromatic carbocycles. The van der Waals surface area contributed by atoms with Gasteiger partial charge in [-0.2, -0.15) is 0 Å². The normalized spacial score (nSPS) is 24.3. The molecular weight excluding hydrogens is 344 g/mol. The Morgan fingerprint density at radius 2 is 2.00 bits per heavy atom. The third-order valence-electron chi connectivity index (χ3n) is 5.59. The number of rotatable bonds is 7. The van der Waals surface area contributed by atoms with Crippen molar-refractivity contribution in [3.8, 4) is 0 Å². The van der Waals surface area contributed by atoms with Crippen molar-refractivity contribution in [3.05, 3.63) is 41.5 Å². The predicted molar refractivity (Wildman–Crippen MR) is 103 cm³/mol. The van der Waals surface area contributed by atoms with E-state index < -0.39 is 0 Å². The minimum Gasteiger partial charge on any atom is -0.394 e. The first-order valence-electron chi connectivity index (χ1n) is 9.51. The molecule has 0 bridgehead atoms. The van der Waals surface area contributed by atoms with Crippen molar-refractivity contribution in [2.24, 2.45) is 0 Å². The van der Waals surface area contributed by atoms with Crippen molar-refractivity contribution < 1.29 is 19.4 Å². The molecule has 1 aromatic rings. The SMILES string of the molecule is COCC(=O)NC[C@@H]1[C@H](c2ccc(C3=CCCC3)cc2)[C@@H](CO)N1C(C)=O. The van der Waals surface area contributed by atoms with Gasteiger partial charge in [-0.05, 0) is 36.0 Å². The van der Waals surface area contributed by atoms with Crippen LogP contribution in [0.1, 0.15) is 43.2 Å². The maximum Gasteiger partial charge on any atom is 0.246 e. The number of nitrogens with zero attached hydrogens (tertiary/aromatic N) is 1. The van der Waals surface area contributed by atoms with E-state index in [4.69, 9.17) is 4.74 Å². The number of aliphatic hydroxyl groups is 1. The Labute approximate surface area is 160 Å². The number of nitrogens with one attached hydrogen (secondary N) is 1. The molecule has 0 unspecified atom stereocenters. The fourth-order valence-electron chi connectivity index (χ4n) is 4.34. The topological polar surface area (TPSA) is 78.9 Å². The van der Waals surface area contributed by atoms with Crippen molar-refractivity contribution in [2.75, 3.05) is 26.9 Å². The van der Waals surface area contributed by atoms with Gasteiger partial charge in [0.2, 0.25) is 11.8 Å². The lowest BCUT2D eigenvalue weighted by Gasteiger charge is -2.54. The van der Waals surface area contributed by atoms with Gasteiger partial charge < -0.3 is 20.1 Å². The molecule has 0 radical (unpaired) electrons. The first-order valence-corrected chi connectivity index (χ1v) is 9.51. The Balaban J connectivity index is 1.77. The van der Waals surface area contributed by atoms with E-state index in [1.54, 1.807) is 4.90 Å². The van der Waals surface area contributed by atoms with Crippen LogP contribution >= 0.6 is 0 Å². The Morgan fingerprint density at radius 1 is 1.26 bits per heavy atom. The molecule has 2 N–H and O–H groups in total. The molecule has 2 aliphatic rings. The van der Waals surface area contributed by atoms with Crippen LogP contribution in [-0.4, -0.2) is 60.8 Å². The minimum absolute atomic E-state index is 0.00616. The highest BCUT2D eigenvalue weighted by molar-refractivity contribution is 5.78. The van der Waals surface area contributed by atoms with Crippen LogP contribution in [0.2, 0.25) is 0 Å². The first kappa shape index (κ1) is 19.6. The average molecular weight is 372 g/mol. The lowest BCUT2D eigenvalue weighted by Crippen LogP contribution is -2.68. The maximum absolute atomic E-state index is 12.1. The Hall–Kier alpha value is -2.18. The highest BCUT2D eigenvalue weighted by atomic mass is 16.5. The van der Waals surface area contributed by atoms with Crippen LogP contribution in [0.25, 0.3) is 5.57 Å². The van der Waals surface area contributed by atoms with E-state index in [1.165, 1.54) is 31.6 Å². The number of hydrogen-bond acceptors (Lipinski definition) is 4. The number of likely N-dealkylation sites (tertiary alicyclic amines) is 1. The quantitative estimate of drug-likeness (QED) is 0.763. The second kappa shape index (κ2) is 8.67. The number of methoxy groups -OCH3 is 1. The van der Waals surface area contributed by atoms with Gasteiger partial charge in [0, 0.05) is 26.5 Å². The molecule has 1 saturated heterocycles. The molecule has 1 aliphatic carbocycles. The Kier molecular flexibility index (Phi) is 6.29. The van der Waals surface area contributed by atoms with Crippen LogP contribution < -0.4 is 5.32 Å². The molecular formula is C21H28N2O4. The van der Waals surface area contributed by atoms with Gasteiger partial charge in [-0.1, -0.05) is 30.3 Å². The third kappa shape index (κ3) is 4.06. The monoisotopic (exact) mass is 372 g/mol. The summed E-state index contributed by atoms with van der Waals surface area (Å²) in [6, 6.07) is 7.99. The number of benzene rings is 1. The molecule has 146 valence electrons. The molecule has 1 fully saturated rings. The molecule has 6 heteroatoms. The van der Waals surface area contributed by atoms with Crippen LogP contribution in [0.4, 0.5) is 0 Å². The van der Waals surface area contributed by atoms with Crippen molar-refractivity contribution in [1.82, 2.24) is 10.2 Å². The van der Waals surface area contributed by atoms with E-state index in [0.29, 0.717) is 6.54 Å². The van der Waals surface area contributed by atoms with E-state index in [9.17, 15) is 14.7 Å². The number of aliphatic hydroxyl groups excluding tert-OH is 1.